The molecule has 4 aromatic rings. The highest BCUT2D eigenvalue weighted by molar-refractivity contribution is 9.10. The van der Waals surface area contributed by atoms with Crippen molar-refractivity contribution in [3.05, 3.63) is 81.6 Å². The average Bonchev–Trinajstić information content (AvgIpc) is 3.67. The molecule has 1 heterocycles. The molecule has 1 aliphatic rings. The lowest BCUT2D eigenvalue weighted by atomic mass is 10.00. The van der Waals surface area contributed by atoms with Crippen molar-refractivity contribution in [3.8, 4) is 11.3 Å². The zero-order chi connectivity index (χ0) is 28.1. The molecular weight excluding hydrogens is 611 g/mol. The number of hydrogen-bond donors (Lipinski definition) is 2. The first-order valence-electron chi connectivity index (χ1n) is 11.9. The number of sulfone groups is 1. The molecule has 0 aliphatic heterocycles. The first-order chi connectivity index (χ1) is 18.5. The van der Waals surface area contributed by atoms with Gasteiger partial charge in [-0.2, -0.15) is 0 Å². The normalized spacial score (nSPS) is 14.4. The quantitative estimate of drug-likeness (QED) is 0.237. The molecule has 39 heavy (non-hydrogen) atoms. The fraction of sp³-hybridized carbons (Fsp3) is 0.222. The number of rotatable bonds is 8. The average molecular weight is 636 g/mol. The highest BCUT2D eigenvalue weighted by Crippen LogP contribution is 2.48. The predicted molar refractivity (Wildman–Crippen MR) is 151 cm³/mol. The fourth-order valence-corrected chi connectivity index (χ4v) is 7.06. The summed E-state index contributed by atoms with van der Waals surface area (Å²) >= 11 is 0.786. The lowest BCUT2D eigenvalue weighted by Crippen LogP contribution is -2.26. The van der Waals surface area contributed by atoms with Crippen LogP contribution < -0.4 is 9.62 Å². The summed E-state index contributed by atoms with van der Waals surface area (Å²) in [7, 11) is -2.03. The SMILES string of the molecule is CNC(=O)c1c(-c2ccc(F)cc2)oc2cc(N(Cc3ccc(Br)c(S(C)(=O)=O)c3)S(=O)O)c(C3CC3)cc12. The summed E-state index contributed by atoms with van der Waals surface area (Å²) < 4.78 is 68.8. The molecule has 1 amide bonds. The number of hydrogen-bond acceptors (Lipinski definition) is 5. The molecule has 12 heteroatoms. The molecule has 2 N–H and O–H groups in total. The summed E-state index contributed by atoms with van der Waals surface area (Å²) in [6.45, 7) is -0.0576. The van der Waals surface area contributed by atoms with Crippen LogP contribution in [-0.4, -0.2) is 36.4 Å². The van der Waals surface area contributed by atoms with Crippen molar-refractivity contribution in [1.82, 2.24) is 5.32 Å². The van der Waals surface area contributed by atoms with Crippen molar-refractivity contribution in [2.75, 3.05) is 17.6 Å². The second-order valence-corrected chi connectivity index (χ2v) is 13.1. The molecule has 1 aromatic heterocycles. The topological polar surface area (TPSA) is 117 Å². The monoisotopic (exact) mass is 634 g/mol. The van der Waals surface area contributed by atoms with Gasteiger partial charge in [-0.1, -0.05) is 6.07 Å². The molecule has 204 valence electrons. The summed E-state index contributed by atoms with van der Waals surface area (Å²) in [6, 6.07) is 13.8. The summed E-state index contributed by atoms with van der Waals surface area (Å²) in [4.78, 5) is 13.0. The summed E-state index contributed by atoms with van der Waals surface area (Å²) in [5.74, 6) is -0.435. The molecule has 0 radical (unpaired) electrons. The van der Waals surface area contributed by atoms with Crippen molar-refractivity contribution in [2.45, 2.75) is 30.2 Å². The number of carbonyl (C=O) groups is 1. The van der Waals surface area contributed by atoms with Crippen LogP contribution in [0.25, 0.3) is 22.3 Å². The van der Waals surface area contributed by atoms with Crippen molar-refractivity contribution < 1.29 is 30.8 Å². The van der Waals surface area contributed by atoms with Gasteiger partial charge < -0.3 is 9.73 Å². The second kappa shape index (κ2) is 10.5. The number of carbonyl (C=O) groups excluding carboxylic acids is 1. The van der Waals surface area contributed by atoms with Crippen LogP contribution in [0.4, 0.5) is 10.1 Å². The van der Waals surface area contributed by atoms with Gasteiger partial charge in [0, 0.05) is 34.8 Å². The highest BCUT2D eigenvalue weighted by Gasteiger charge is 2.32. The van der Waals surface area contributed by atoms with E-state index in [2.05, 4.69) is 21.2 Å². The standard InChI is InChI=1S/C27H24BrFN2O6S2/c1-30-27(32)25-20-12-19(16-4-5-16)22(13-23(20)37-26(25)17-6-8-18(29)9-7-17)31(38(33)34)14-15-3-10-21(28)24(11-15)39(2,35)36/h3,6-13,16H,4-5,14H2,1-2H3,(H,30,32)(H,33,34). The number of nitrogens with zero attached hydrogens (tertiary/aromatic N) is 1. The van der Waals surface area contributed by atoms with Gasteiger partial charge in [-0.15, -0.1) is 0 Å². The van der Waals surface area contributed by atoms with Gasteiger partial charge >= 0.3 is 0 Å². The molecule has 0 bridgehead atoms. The van der Waals surface area contributed by atoms with Gasteiger partial charge in [0.05, 0.1) is 22.7 Å². The van der Waals surface area contributed by atoms with Gasteiger partial charge in [-0.25, -0.2) is 17.0 Å². The van der Waals surface area contributed by atoms with E-state index in [1.165, 1.54) is 41.7 Å². The first-order valence-corrected chi connectivity index (χ1v) is 15.7. The molecule has 1 atom stereocenters. The molecule has 8 nitrogen and oxygen atoms in total. The number of halogens is 2. The minimum absolute atomic E-state index is 0.0576. The van der Waals surface area contributed by atoms with E-state index >= 15 is 0 Å². The van der Waals surface area contributed by atoms with E-state index in [1.807, 2.05) is 6.07 Å². The number of nitrogens with one attached hydrogen (secondary N) is 1. The molecule has 1 aliphatic carbocycles. The Morgan fingerprint density at radius 1 is 1.18 bits per heavy atom. The summed E-state index contributed by atoms with van der Waals surface area (Å²) in [5, 5.41) is 3.16. The van der Waals surface area contributed by atoms with Crippen LogP contribution >= 0.6 is 15.9 Å². The Kier molecular flexibility index (Phi) is 7.40. The third kappa shape index (κ3) is 5.51. The Morgan fingerprint density at radius 3 is 2.46 bits per heavy atom. The van der Waals surface area contributed by atoms with Crippen LogP contribution in [0, 0.1) is 5.82 Å². The highest BCUT2D eigenvalue weighted by atomic mass is 79.9. The van der Waals surface area contributed by atoms with Gasteiger partial charge in [0.1, 0.15) is 17.2 Å². The van der Waals surface area contributed by atoms with Crippen molar-refractivity contribution in [3.63, 3.8) is 0 Å². The maximum absolute atomic E-state index is 13.6. The van der Waals surface area contributed by atoms with Crippen LogP contribution in [-0.2, 0) is 27.6 Å². The Labute approximate surface area is 235 Å². The van der Waals surface area contributed by atoms with Crippen LogP contribution in [0.5, 0.6) is 0 Å². The van der Waals surface area contributed by atoms with Gasteiger partial charge in [-0.05, 0) is 88.3 Å². The molecular formula is C27H24BrFN2O6S2. The van der Waals surface area contributed by atoms with E-state index in [0.29, 0.717) is 32.3 Å². The summed E-state index contributed by atoms with van der Waals surface area (Å²) in [5.41, 5.74) is 2.84. The maximum Gasteiger partial charge on any atom is 0.262 e. The minimum Gasteiger partial charge on any atom is -0.455 e. The number of furan rings is 1. The second-order valence-electron chi connectivity index (χ2n) is 9.38. The van der Waals surface area contributed by atoms with Crippen LogP contribution in [0.2, 0.25) is 0 Å². The van der Waals surface area contributed by atoms with E-state index in [-0.39, 0.29) is 34.6 Å². The van der Waals surface area contributed by atoms with Crippen LogP contribution in [0.3, 0.4) is 0 Å². The van der Waals surface area contributed by atoms with E-state index in [4.69, 9.17) is 4.42 Å². The minimum atomic E-state index is -3.54. The molecule has 1 unspecified atom stereocenters. The largest absolute Gasteiger partial charge is 0.455 e. The molecule has 0 saturated heterocycles. The molecule has 1 fully saturated rings. The lowest BCUT2D eigenvalue weighted by Gasteiger charge is -2.23. The number of anilines is 1. The smallest absolute Gasteiger partial charge is 0.262 e. The zero-order valence-corrected chi connectivity index (χ0v) is 24.1. The van der Waals surface area contributed by atoms with E-state index in [0.717, 1.165) is 24.7 Å². The van der Waals surface area contributed by atoms with Gasteiger partial charge in [0.25, 0.3) is 17.2 Å². The van der Waals surface area contributed by atoms with E-state index in [9.17, 15) is 26.4 Å². The third-order valence-corrected chi connectivity index (χ3v) is 9.39. The van der Waals surface area contributed by atoms with Gasteiger partial charge in [0.2, 0.25) is 0 Å². The maximum atomic E-state index is 13.6. The Bertz CT molecular complexity index is 1730. The van der Waals surface area contributed by atoms with Crippen molar-refractivity contribution >= 4 is 59.6 Å². The molecule has 0 spiro atoms. The Balaban J connectivity index is 1.68. The third-order valence-electron chi connectivity index (χ3n) is 6.59. The Hall–Kier alpha value is -3.06. The van der Waals surface area contributed by atoms with Crippen molar-refractivity contribution in [2.24, 2.45) is 0 Å². The zero-order valence-electron chi connectivity index (χ0n) is 20.9. The fourth-order valence-electron chi connectivity index (χ4n) is 4.56. The first kappa shape index (κ1) is 27.5. The van der Waals surface area contributed by atoms with E-state index in [1.54, 1.807) is 18.2 Å². The lowest BCUT2D eigenvalue weighted by molar-refractivity contribution is 0.0964. The van der Waals surface area contributed by atoms with Crippen molar-refractivity contribution in [1.29, 1.82) is 0 Å². The number of benzene rings is 3. The predicted octanol–water partition coefficient (Wildman–Crippen LogP) is 5.79. The number of amides is 1. The molecule has 5 rings (SSSR count). The molecule has 1 saturated carbocycles. The summed E-state index contributed by atoms with van der Waals surface area (Å²) in [6.07, 6.45) is 2.84. The van der Waals surface area contributed by atoms with Gasteiger partial charge in [-0.3, -0.25) is 13.7 Å². The van der Waals surface area contributed by atoms with Crippen LogP contribution in [0.15, 0.2) is 68.4 Å². The van der Waals surface area contributed by atoms with E-state index < -0.39 is 26.9 Å². The molecule has 3 aromatic carbocycles. The van der Waals surface area contributed by atoms with Crippen LogP contribution in [0.1, 0.15) is 40.2 Å². The Morgan fingerprint density at radius 2 is 1.87 bits per heavy atom. The number of fused-ring (bicyclic) bond motifs is 1. The van der Waals surface area contributed by atoms with Gasteiger partial charge in [0.15, 0.2) is 9.84 Å².